The monoisotopic (exact) mass is 411 g/mol. The zero-order valence-corrected chi connectivity index (χ0v) is 16.6. The Balaban J connectivity index is 1.36. The number of anilines is 2. The van der Waals surface area contributed by atoms with Crippen LogP contribution >= 0.6 is 11.6 Å². The van der Waals surface area contributed by atoms with E-state index in [0.29, 0.717) is 36.6 Å². The number of benzene rings is 2. The number of nitrogens with zero attached hydrogens (tertiary/aromatic N) is 2. The van der Waals surface area contributed by atoms with E-state index in [9.17, 15) is 14.4 Å². The Morgan fingerprint density at radius 1 is 0.966 bits per heavy atom. The lowest BCUT2D eigenvalue weighted by Gasteiger charge is -2.34. The molecule has 1 atom stereocenters. The normalized spacial score (nSPS) is 20.9. The van der Waals surface area contributed by atoms with E-state index >= 15 is 0 Å². The summed E-state index contributed by atoms with van der Waals surface area (Å²) in [5, 5.41) is 3.50. The molecule has 0 radical (unpaired) electrons. The lowest BCUT2D eigenvalue weighted by Crippen LogP contribution is -2.47. The van der Waals surface area contributed by atoms with Gasteiger partial charge in [0.25, 0.3) is 5.91 Å². The minimum absolute atomic E-state index is 0.00691. The molecular formula is C22H22ClN3O3. The van der Waals surface area contributed by atoms with Crippen molar-refractivity contribution in [1.29, 1.82) is 0 Å². The summed E-state index contributed by atoms with van der Waals surface area (Å²) in [4.78, 5) is 41.2. The molecule has 0 spiro atoms. The minimum Gasteiger partial charge on any atom is -0.326 e. The van der Waals surface area contributed by atoms with Crippen LogP contribution in [0.4, 0.5) is 11.4 Å². The second-order valence-electron chi connectivity index (χ2n) is 7.43. The van der Waals surface area contributed by atoms with Crippen LogP contribution in [0.1, 0.15) is 19.3 Å². The molecule has 2 saturated heterocycles. The molecule has 0 saturated carbocycles. The van der Waals surface area contributed by atoms with E-state index in [1.54, 1.807) is 24.3 Å². The molecule has 2 aliphatic rings. The second kappa shape index (κ2) is 8.35. The summed E-state index contributed by atoms with van der Waals surface area (Å²) >= 11 is 5.90. The first-order chi connectivity index (χ1) is 14.0. The summed E-state index contributed by atoms with van der Waals surface area (Å²) in [7, 11) is 0. The highest BCUT2D eigenvalue weighted by molar-refractivity contribution is 6.30. The van der Waals surface area contributed by atoms with Crippen molar-refractivity contribution in [3.8, 4) is 0 Å². The van der Waals surface area contributed by atoms with Gasteiger partial charge in [0, 0.05) is 16.6 Å². The van der Waals surface area contributed by atoms with E-state index in [1.807, 2.05) is 35.2 Å². The largest absolute Gasteiger partial charge is 0.326 e. The van der Waals surface area contributed by atoms with Gasteiger partial charge in [-0.25, -0.2) is 4.90 Å². The van der Waals surface area contributed by atoms with Crippen LogP contribution < -0.4 is 10.2 Å². The number of hydrogen-bond acceptors (Lipinski definition) is 4. The smallest absolute Gasteiger partial charge is 0.251 e. The molecule has 3 amide bonds. The van der Waals surface area contributed by atoms with Crippen LogP contribution in [0, 0.1) is 5.92 Å². The number of rotatable bonds is 4. The van der Waals surface area contributed by atoms with Crippen LogP contribution in [0.3, 0.4) is 0 Å². The summed E-state index contributed by atoms with van der Waals surface area (Å²) in [6.07, 6.45) is 1.50. The van der Waals surface area contributed by atoms with Crippen LogP contribution in [0.2, 0.25) is 5.02 Å². The third-order valence-corrected chi connectivity index (χ3v) is 5.84. The number of nitrogens with one attached hydrogen (secondary N) is 1. The molecule has 0 bridgehead atoms. The molecule has 29 heavy (non-hydrogen) atoms. The zero-order chi connectivity index (χ0) is 20.4. The minimum atomic E-state index is -0.462. The predicted octanol–water partition coefficient (Wildman–Crippen LogP) is 3.32. The van der Waals surface area contributed by atoms with Gasteiger partial charge in [0.15, 0.2) is 0 Å². The van der Waals surface area contributed by atoms with Crippen LogP contribution in [-0.2, 0) is 14.4 Å². The number of piperidine rings is 1. The first-order valence-corrected chi connectivity index (χ1v) is 10.1. The van der Waals surface area contributed by atoms with Crippen LogP contribution in [0.5, 0.6) is 0 Å². The Kier molecular flexibility index (Phi) is 5.65. The van der Waals surface area contributed by atoms with Crippen molar-refractivity contribution in [3.63, 3.8) is 0 Å². The molecular weight excluding hydrogens is 390 g/mol. The maximum atomic E-state index is 12.9. The van der Waals surface area contributed by atoms with E-state index in [0.717, 1.165) is 5.69 Å². The number of halogens is 1. The van der Waals surface area contributed by atoms with Gasteiger partial charge in [0.1, 0.15) is 0 Å². The summed E-state index contributed by atoms with van der Waals surface area (Å²) in [5.74, 6) is -0.491. The van der Waals surface area contributed by atoms with E-state index in [2.05, 4.69) is 5.32 Å². The number of hydrogen-bond donors (Lipinski definition) is 1. The van der Waals surface area contributed by atoms with Gasteiger partial charge in [-0.05, 0) is 62.3 Å². The predicted molar refractivity (Wildman–Crippen MR) is 112 cm³/mol. The van der Waals surface area contributed by atoms with Gasteiger partial charge >= 0.3 is 0 Å². The van der Waals surface area contributed by atoms with Gasteiger partial charge in [-0.3, -0.25) is 19.3 Å². The van der Waals surface area contributed by atoms with E-state index in [-0.39, 0.29) is 30.1 Å². The average molecular weight is 412 g/mol. The first kappa shape index (κ1) is 19.6. The topological polar surface area (TPSA) is 69.7 Å². The number of imide groups is 1. The fraction of sp³-hybridized carbons (Fsp3) is 0.318. The zero-order valence-electron chi connectivity index (χ0n) is 15.9. The first-order valence-electron chi connectivity index (χ1n) is 9.75. The van der Waals surface area contributed by atoms with Gasteiger partial charge < -0.3 is 5.32 Å². The Labute approximate surface area is 174 Å². The SMILES string of the molecule is O=C(Nc1ccccc1)C1CCN(C2CC(=O)N(c3ccc(Cl)cc3)C2=O)CC1. The number of carbonyl (C=O) groups is 3. The molecule has 0 aliphatic carbocycles. The standard InChI is InChI=1S/C22H22ClN3O3/c23-16-6-8-18(9-7-16)26-20(27)14-19(22(26)29)25-12-10-15(11-13-25)21(28)24-17-4-2-1-3-5-17/h1-9,15,19H,10-14H2,(H,24,28). The molecule has 2 aromatic rings. The molecule has 6 nitrogen and oxygen atoms in total. The Morgan fingerprint density at radius 3 is 2.28 bits per heavy atom. The highest BCUT2D eigenvalue weighted by Crippen LogP contribution is 2.29. The van der Waals surface area contributed by atoms with Crippen molar-refractivity contribution in [2.45, 2.75) is 25.3 Å². The van der Waals surface area contributed by atoms with Crippen molar-refractivity contribution in [2.75, 3.05) is 23.3 Å². The van der Waals surface area contributed by atoms with Crippen molar-refractivity contribution in [3.05, 3.63) is 59.6 Å². The number of amides is 3. The molecule has 0 aromatic heterocycles. The summed E-state index contributed by atoms with van der Waals surface area (Å²) < 4.78 is 0. The summed E-state index contributed by atoms with van der Waals surface area (Å²) in [6.45, 7) is 1.23. The fourth-order valence-electron chi connectivity index (χ4n) is 4.00. The van der Waals surface area contributed by atoms with Crippen LogP contribution in [-0.4, -0.2) is 41.8 Å². The van der Waals surface area contributed by atoms with Gasteiger partial charge in [-0.15, -0.1) is 0 Å². The lowest BCUT2D eigenvalue weighted by atomic mass is 9.94. The summed E-state index contributed by atoms with van der Waals surface area (Å²) in [6, 6.07) is 15.6. The van der Waals surface area contributed by atoms with E-state index in [1.165, 1.54) is 4.90 Å². The molecule has 2 aliphatic heterocycles. The lowest BCUT2D eigenvalue weighted by molar-refractivity contribution is -0.123. The quantitative estimate of drug-likeness (QED) is 0.783. The average Bonchev–Trinajstić information content (AvgIpc) is 3.04. The molecule has 2 heterocycles. The molecule has 4 rings (SSSR count). The van der Waals surface area contributed by atoms with Crippen LogP contribution in [0.15, 0.2) is 54.6 Å². The number of carbonyl (C=O) groups excluding carboxylic acids is 3. The molecule has 7 heteroatoms. The van der Waals surface area contributed by atoms with Crippen molar-refractivity contribution >= 4 is 40.7 Å². The Morgan fingerprint density at radius 2 is 1.62 bits per heavy atom. The Hall–Kier alpha value is -2.70. The Bertz CT molecular complexity index is 909. The number of likely N-dealkylation sites (tertiary alicyclic amines) is 1. The molecule has 150 valence electrons. The van der Waals surface area contributed by atoms with Gasteiger partial charge in [0.2, 0.25) is 11.8 Å². The van der Waals surface area contributed by atoms with Crippen molar-refractivity contribution in [1.82, 2.24) is 4.90 Å². The van der Waals surface area contributed by atoms with Gasteiger partial charge in [-0.2, -0.15) is 0 Å². The van der Waals surface area contributed by atoms with Crippen LogP contribution in [0.25, 0.3) is 0 Å². The van der Waals surface area contributed by atoms with Crippen molar-refractivity contribution in [2.24, 2.45) is 5.92 Å². The maximum absolute atomic E-state index is 12.9. The van der Waals surface area contributed by atoms with E-state index in [4.69, 9.17) is 11.6 Å². The van der Waals surface area contributed by atoms with Gasteiger partial charge in [-0.1, -0.05) is 29.8 Å². The van der Waals surface area contributed by atoms with Crippen molar-refractivity contribution < 1.29 is 14.4 Å². The fourth-order valence-corrected chi connectivity index (χ4v) is 4.13. The highest BCUT2D eigenvalue weighted by Gasteiger charge is 2.43. The molecule has 2 aromatic carbocycles. The summed E-state index contributed by atoms with van der Waals surface area (Å²) in [5.41, 5.74) is 1.33. The third kappa shape index (κ3) is 4.18. The maximum Gasteiger partial charge on any atom is 0.251 e. The second-order valence-corrected chi connectivity index (χ2v) is 7.87. The highest BCUT2D eigenvalue weighted by atomic mass is 35.5. The van der Waals surface area contributed by atoms with E-state index < -0.39 is 6.04 Å². The number of para-hydroxylation sites is 1. The third-order valence-electron chi connectivity index (χ3n) is 5.59. The molecule has 2 fully saturated rings. The van der Waals surface area contributed by atoms with Gasteiger partial charge in [0.05, 0.1) is 18.2 Å². The molecule has 1 N–H and O–H groups in total. The molecule has 1 unspecified atom stereocenters.